The first kappa shape index (κ1) is 16.2. The number of rotatable bonds is 6. The molecule has 1 aromatic carbocycles. The minimum absolute atomic E-state index is 0.506. The summed E-state index contributed by atoms with van der Waals surface area (Å²) in [4.78, 5) is 6.39. The average molecular weight is 308 g/mol. The van der Waals surface area contributed by atoms with Gasteiger partial charge in [-0.3, -0.25) is 4.98 Å². The highest BCUT2D eigenvalue weighted by Gasteiger charge is 2.20. The Labute approximate surface area is 130 Å². The number of benzene rings is 1. The number of nitrogens with zero attached hydrogens (tertiary/aromatic N) is 2. The van der Waals surface area contributed by atoms with Gasteiger partial charge in [0, 0.05) is 36.2 Å². The lowest BCUT2D eigenvalue weighted by Gasteiger charge is -2.27. The van der Waals surface area contributed by atoms with Crippen LogP contribution < -0.4 is 5.32 Å². The van der Waals surface area contributed by atoms with E-state index in [1.807, 2.05) is 50.2 Å². The molecule has 0 saturated heterocycles. The molecule has 114 valence electrons. The molecule has 1 unspecified atom stereocenters. The van der Waals surface area contributed by atoms with Crippen LogP contribution in [0.1, 0.15) is 12.5 Å². The molecule has 0 bridgehead atoms. The Morgan fingerprint density at radius 1 is 1.38 bits per heavy atom. The molecule has 5 heteroatoms. The summed E-state index contributed by atoms with van der Waals surface area (Å²) in [5.74, 6) is 0. The molecule has 0 aliphatic heterocycles. The molecule has 0 aliphatic rings. The van der Waals surface area contributed by atoms with E-state index in [0.717, 1.165) is 16.5 Å². The van der Waals surface area contributed by atoms with E-state index in [9.17, 15) is 5.11 Å². The van der Waals surface area contributed by atoms with E-state index >= 15 is 0 Å². The van der Waals surface area contributed by atoms with E-state index < -0.39 is 5.60 Å². The smallest absolute Gasteiger partial charge is 0.0869 e. The van der Waals surface area contributed by atoms with E-state index in [1.54, 1.807) is 6.20 Å². The van der Waals surface area contributed by atoms with Gasteiger partial charge in [-0.1, -0.05) is 17.7 Å². The Morgan fingerprint density at radius 2 is 2.14 bits per heavy atom. The lowest BCUT2D eigenvalue weighted by atomic mass is 10.1. The summed E-state index contributed by atoms with van der Waals surface area (Å²) in [6.07, 6.45) is 1.78. The molecule has 1 aromatic heterocycles. The van der Waals surface area contributed by atoms with E-state index in [-0.39, 0.29) is 0 Å². The topological polar surface area (TPSA) is 48.4 Å². The van der Waals surface area contributed by atoms with Crippen LogP contribution in [0.2, 0.25) is 5.02 Å². The first-order chi connectivity index (χ1) is 9.87. The largest absolute Gasteiger partial charge is 0.388 e. The average Bonchev–Trinajstić information content (AvgIpc) is 2.36. The fourth-order valence-corrected chi connectivity index (χ4v) is 2.82. The van der Waals surface area contributed by atoms with Gasteiger partial charge in [0.25, 0.3) is 0 Å². The van der Waals surface area contributed by atoms with Crippen molar-refractivity contribution in [3.05, 3.63) is 41.0 Å². The third-order valence-corrected chi connectivity index (χ3v) is 3.44. The van der Waals surface area contributed by atoms with Gasteiger partial charge in [-0.05, 0) is 44.8 Å². The molecule has 2 aromatic rings. The van der Waals surface area contributed by atoms with Gasteiger partial charge in [0.2, 0.25) is 0 Å². The summed E-state index contributed by atoms with van der Waals surface area (Å²) in [6, 6.07) is 7.73. The van der Waals surface area contributed by atoms with E-state index in [1.165, 1.54) is 0 Å². The number of fused-ring (bicyclic) bond motifs is 1. The second kappa shape index (κ2) is 6.71. The normalized spacial score (nSPS) is 14.6. The number of aromatic nitrogens is 1. The van der Waals surface area contributed by atoms with Gasteiger partial charge in [0.15, 0.2) is 0 Å². The van der Waals surface area contributed by atoms with Crippen molar-refractivity contribution in [3.63, 3.8) is 0 Å². The van der Waals surface area contributed by atoms with Gasteiger partial charge in [-0.15, -0.1) is 0 Å². The van der Waals surface area contributed by atoms with Crippen molar-refractivity contribution in [2.24, 2.45) is 0 Å². The highest BCUT2D eigenvalue weighted by atomic mass is 35.5. The number of nitrogens with one attached hydrogen (secondary N) is 1. The summed E-state index contributed by atoms with van der Waals surface area (Å²) < 4.78 is 0. The van der Waals surface area contributed by atoms with Crippen molar-refractivity contribution in [2.45, 2.75) is 19.1 Å². The number of pyridine rings is 1. The molecular weight excluding hydrogens is 286 g/mol. The predicted octanol–water partition coefficient (Wildman–Crippen LogP) is 2.29. The van der Waals surface area contributed by atoms with Crippen LogP contribution in [-0.2, 0) is 6.54 Å². The molecule has 1 atom stereocenters. The van der Waals surface area contributed by atoms with Crippen LogP contribution in [0.25, 0.3) is 10.9 Å². The standard InChI is InChI=1S/C16H22ClN3O/c1-16(21,11-20(2)3)10-18-9-13-8-14(17)7-12-5-4-6-19-15(12)13/h4-8,18,21H,9-11H2,1-3H3. The molecule has 4 nitrogen and oxygen atoms in total. The SMILES string of the molecule is CN(C)CC(C)(O)CNCc1cc(Cl)cc2cccnc12. The zero-order valence-electron chi connectivity index (χ0n) is 12.7. The third-order valence-electron chi connectivity index (χ3n) is 3.23. The minimum Gasteiger partial charge on any atom is -0.388 e. The molecule has 2 rings (SSSR count). The fraction of sp³-hybridized carbons (Fsp3) is 0.438. The molecule has 2 N–H and O–H groups in total. The van der Waals surface area contributed by atoms with E-state index in [0.29, 0.717) is 24.7 Å². The maximum Gasteiger partial charge on any atom is 0.0869 e. The highest BCUT2D eigenvalue weighted by molar-refractivity contribution is 6.31. The van der Waals surface area contributed by atoms with Crippen LogP contribution >= 0.6 is 11.6 Å². The van der Waals surface area contributed by atoms with Gasteiger partial charge < -0.3 is 15.3 Å². The Kier molecular flexibility index (Phi) is 5.17. The third kappa shape index (κ3) is 4.64. The fourth-order valence-electron chi connectivity index (χ4n) is 2.57. The Hall–Kier alpha value is -1.20. The number of hydrogen-bond acceptors (Lipinski definition) is 4. The molecule has 21 heavy (non-hydrogen) atoms. The van der Waals surface area contributed by atoms with E-state index in [2.05, 4.69) is 10.3 Å². The number of aliphatic hydroxyl groups is 1. The lowest BCUT2D eigenvalue weighted by molar-refractivity contribution is 0.0336. The summed E-state index contributed by atoms with van der Waals surface area (Å²) in [5.41, 5.74) is 1.21. The van der Waals surface area contributed by atoms with Crippen LogP contribution in [0.4, 0.5) is 0 Å². The second-order valence-corrected chi connectivity index (χ2v) is 6.41. The van der Waals surface area contributed by atoms with Crippen molar-refractivity contribution in [1.82, 2.24) is 15.2 Å². The van der Waals surface area contributed by atoms with Crippen LogP contribution in [0.5, 0.6) is 0 Å². The maximum atomic E-state index is 10.3. The number of likely N-dealkylation sites (N-methyl/N-ethyl adjacent to an activating group) is 1. The first-order valence-corrected chi connectivity index (χ1v) is 7.36. The van der Waals surface area contributed by atoms with Crippen LogP contribution in [0, 0.1) is 0 Å². The second-order valence-electron chi connectivity index (χ2n) is 5.98. The predicted molar refractivity (Wildman–Crippen MR) is 87.6 cm³/mol. The Bertz CT molecular complexity index is 613. The Balaban J connectivity index is 2.07. The van der Waals surface area contributed by atoms with Gasteiger partial charge in [0.05, 0.1) is 11.1 Å². The van der Waals surface area contributed by atoms with Crippen LogP contribution in [-0.4, -0.2) is 47.8 Å². The molecule has 0 fully saturated rings. The van der Waals surface area contributed by atoms with Crippen molar-refractivity contribution in [1.29, 1.82) is 0 Å². The van der Waals surface area contributed by atoms with Crippen molar-refractivity contribution in [2.75, 3.05) is 27.2 Å². The molecule has 0 spiro atoms. The lowest BCUT2D eigenvalue weighted by Crippen LogP contribution is -2.45. The first-order valence-electron chi connectivity index (χ1n) is 6.98. The van der Waals surface area contributed by atoms with Crippen LogP contribution in [0.15, 0.2) is 30.5 Å². The Morgan fingerprint density at radius 3 is 2.86 bits per heavy atom. The quantitative estimate of drug-likeness (QED) is 0.860. The summed E-state index contributed by atoms with van der Waals surface area (Å²) >= 11 is 6.15. The molecule has 0 radical (unpaired) electrons. The zero-order valence-corrected chi connectivity index (χ0v) is 13.5. The monoisotopic (exact) mass is 307 g/mol. The summed E-state index contributed by atoms with van der Waals surface area (Å²) in [6.45, 7) is 3.56. The zero-order chi connectivity index (χ0) is 15.5. The minimum atomic E-state index is -0.773. The van der Waals surface area contributed by atoms with Crippen molar-refractivity contribution in [3.8, 4) is 0 Å². The maximum absolute atomic E-state index is 10.3. The van der Waals surface area contributed by atoms with Crippen molar-refractivity contribution >= 4 is 22.5 Å². The number of halogens is 1. The van der Waals surface area contributed by atoms with Gasteiger partial charge in [-0.2, -0.15) is 0 Å². The van der Waals surface area contributed by atoms with Gasteiger partial charge >= 0.3 is 0 Å². The summed E-state index contributed by atoms with van der Waals surface area (Å²) in [7, 11) is 3.89. The summed E-state index contributed by atoms with van der Waals surface area (Å²) in [5, 5.41) is 15.3. The highest BCUT2D eigenvalue weighted by Crippen LogP contribution is 2.22. The van der Waals surface area contributed by atoms with E-state index in [4.69, 9.17) is 11.6 Å². The molecule has 0 amide bonds. The molecule has 0 saturated carbocycles. The van der Waals surface area contributed by atoms with Crippen molar-refractivity contribution < 1.29 is 5.11 Å². The van der Waals surface area contributed by atoms with Gasteiger partial charge in [0.1, 0.15) is 0 Å². The molecular formula is C16H22ClN3O. The molecule has 1 heterocycles. The number of hydrogen-bond donors (Lipinski definition) is 2. The van der Waals surface area contributed by atoms with Gasteiger partial charge in [-0.25, -0.2) is 0 Å². The molecule has 0 aliphatic carbocycles. The van der Waals surface area contributed by atoms with Crippen LogP contribution in [0.3, 0.4) is 0 Å².